The maximum absolute atomic E-state index is 12.6. The highest BCUT2D eigenvalue weighted by atomic mass is 16.3. The van der Waals surface area contributed by atoms with Crippen LogP contribution in [0.1, 0.15) is 49.5 Å². The normalized spacial score (nSPS) is 28.8. The smallest absolute Gasteiger partial charge is 0.317 e. The fraction of sp³-hybridized carbons (Fsp3) is 0.706. The third-order valence-electron chi connectivity index (χ3n) is 5.47. The van der Waals surface area contributed by atoms with Gasteiger partial charge in [-0.3, -0.25) is 4.90 Å². The topological polar surface area (TPSA) is 48.7 Å². The third-order valence-corrected chi connectivity index (χ3v) is 5.47. The second-order valence-corrected chi connectivity index (χ2v) is 6.83. The summed E-state index contributed by atoms with van der Waals surface area (Å²) in [6, 6.07) is 2.81. The molecule has 2 aliphatic heterocycles. The number of furan rings is 1. The predicted octanol–water partition coefficient (Wildman–Crippen LogP) is 2.54. The Balaban J connectivity index is 1.39. The summed E-state index contributed by atoms with van der Waals surface area (Å²) in [6.07, 6.45) is 8.69. The lowest BCUT2D eigenvalue weighted by molar-refractivity contribution is 0.0633. The Bertz CT molecular complexity index is 542. The number of nitrogens with one attached hydrogen (secondary N) is 1. The van der Waals surface area contributed by atoms with Gasteiger partial charge >= 0.3 is 6.03 Å². The van der Waals surface area contributed by atoms with Crippen LogP contribution < -0.4 is 5.32 Å². The lowest BCUT2D eigenvalue weighted by Gasteiger charge is -2.44. The average Bonchev–Trinajstić information content (AvgIpc) is 3.04. The van der Waals surface area contributed by atoms with E-state index < -0.39 is 0 Å². The van der Waals surface area contributed by atoms with E-state index in [1.807, 2.05) is 11.0 Å². The lowest BCUT2D eigenvalue weighted by atomic mass is 9.93. The number of nitrogens with zero attached hydrogens (tertiary/aromatic N) is 2. The summed E-state index contributed by atoms with van der Waals surface area (Å²) < 4.78 is 5.51. The molecule has 120 valence electrons. The van der Waals surface area contributed by atoms with Gasteiger partial charge in [-0.2, -0.15) is 0 Å². The summed E-state index contributed by atoms with van der Waals surface area (Å²) >= 11 is 0. The Labute approximate surface area is 131 Å². The number of amides is 2. The maximum Gasteiger partial charge on any atom is 0.317 e. The van der Waals surface area contributed by atoms with Crippen molar-refractivity contribution in [3.05, 3.63) is 23.7 Å². The molecule has 1 aliphatic carbocycles. The summed E-state index contributed by atoms with van der Waals surface area (Å²) in [5, 5.41) is 3.23. The van der Waals surface area contributed by atoms with Crippen molar-refractivity contribution < 1.29 is 9.21 Å². The molecule has 5 nitrogen and oxygen atoms in total. The molecule has 2 fully saturated rings. The molecule has 0 saturated carbocycles. The molecule has 5 heteroatoms. The number of hydrogen-bond donors (Lipinski definition) is 1. The first-order valence-corrected chi connectivity index (χ1v) is 8.67. The fourth-order valence-electron chi connectivity index (χ4n) is 4.22. The van der Waals surface area contributed by atoms with Crippen molar-refractivity contribution in [2.45, 2.75) is 50.6 Å². The molecule has 22 heavy (non-hydrogen) atoms. The molecule has 2 amide bonds. The van der Waals surface area contributed by atoms with E-state index in [4.69, 9.17) is 4.42 Å². The van der Waals surface area contributed by atoms with Gasteiger partial charge in [-0.05, 0) is 38.3 Å². The van der Waals surface area contributed by atoms with Gasteiger partial charge in [0.1, 0.15) is 5.76 Å². The van der Waals surface area contributed by atoms with E-state index in [-0.39, 0.29) is 12.1 Å². The summed E-state index contributed by atoms with van der Waals surface area (Å²) in [6.45, 7) is 3.98. The number of piperidine rings is 1. The Morgan fingerprint density at radius 3 is 3.09 bits per heavy atom. The SMILES string of the molecule is O=C(N[C@H]1CCCc2occc21)N1CCN2CCCC[C@@H]2C1. The zero-order valence-corrected chi connectivity index (χ0v) is 13.1. The van der Waals surface area contributed by atoms with E-state index in [9.17, 15) is 4.79 Å². The summed E-state index contributed by atoms with van der Waals surface area (Å²) in [5.74, 6) is 1.05. The maximum atomic E-state index is 12.6. The number of hydrogen-bond acceptors (Lipinski definition) is 3. The van der Waals surface area contributed by atoms with Gasteiger partial charge in [0.25, 0.3) is 0 Å². The van der Waals surface area contributed by atoms with Crippen molar-refractivity contribution in [3.63, 3.8) is 0 Å². The van der Waals surface area contributed by atoms with Crippen molar-refractivity contribution in [1.82, 2.24) is 15.1 Å². The van der Waals surface area contributed by atoms with Crippen LogP contribution >= 0.6 is 0 Å². The number of piperazine rings is 1. The van der Waals surface area contributed by atoms with Crippen LogP contribution in [0.4, 0.5) is 4.79 Å². The third kappa shape index (κ3) is 2.62. The van der Waals surface area contributed by atoms with Crippen molar-refractivity contribution in [2.24, 2.45) is 0 Å². The van der Waals surface area contributed by atoms with E-state index in [2.05, 4.69) is 10.2 Å². The van der Waals surface area contributed by atoms with Gasteiger partial charge < -0.3 is 14.6 Å². The molecule has 3 aliphatic rings. The first-order chi connectivity index (χ1) is 10.8. The van der Waals surface area contributed by atoms with Crippen molar-refractivity contribution in [1.29, 1.82) is 0 Å². The average molecular weight is 303 g/mol. The van der Waals surface area contributed by atoms with E-state index >= 15 is 0 Å². The van der Waals surface area contributed by atoms with Gasteiger partial charge in [0.2, 0.25) is 0 Å². The van der Waals surface area contributed by atoms with Gasteiger partial charge in [0.15, 0.2) is 0 Å². The van der Waals surface area contributed by atoms with Gasteiger partial charge in [0.05, 0.1) is 12.3 Å². The minimum absolute atomic E-state index is 0.101. The van der Waals surface area contributed by atoms with Crippen LogP contribution in [0.5, 0.6) is 0 Å². The minimum Gasteiger partial charge on any atom is -0.469 e. The molecular formula is C17H25N3O2. The second-order valence-electron chi connectivity index (χ2n) is 6.83. The molecule has 2 saturated heterocycles. The number of carbonyl (C=O) groups is 1. The van der Waals surface area contributed by atoms with Gasteiger partial charge in [-0.25, -0.2) is 4.79 Å². The number of carbonyl (C=O) groups excluding carboxylic acids is 1. The van der Waals surface area contributed by atoms with Gasteiger partial charge in [-0.15, -0.1) is 0 Å². The highest BCUT2D eigenvalue weighted by Crippen LogP contribution is 2.30. The number of fused-ring (bicyclic) bond motifs is 2. The highest BCUT2D eigenvalue weighted by Gasteiger charge is 2.32. The van der Waals surface area contributed by atoms with Crippen molar-refractivity contribution >= 4 is 6.03 Å². The molecule has 4 rings (SSSR count). The molecule has 0 spiro atoms. The fourth-order valence-corrected chi connectivity index (χ4v) is 4.22. The van der Waals surface area contributed by atoms with Crippen LogP contribution in [0.2, 0.25) is 0 Å². The summed E-state index contributed by atoms with van der Waals surface area (Å²) in [7, 11) is 0. The summed E-state index contributed by atoms with van der Waals surface area (Å²) in [4.78, 5) is 17.2. The Kier molecular flexibility index (Phi) is 3.82. The monoisotopic (exact) mass is 303 g/mol. The largest absolute Gasteiger partial charge is 0.469 e. The van der Waals surface area contributed by atoms with Gasteiger partial charge in [-0.1, -0.05) is 6.42 Å². The van der Waals surface area contributed by atoms with Crippen molar-refractivity contribution in [2.75, 3.05) is 26.2 Å². The Morgan fingerprint density at radius 2 is 2.14 bits per heavy atom. The first-order valence-electron chi connectivity index (χ1n) is 8.67. The van der Waals surface area contributed by atoms with Gasteiger partial charge in [0, 0.05) is 37.7 Å². The molecule has 1 aromatic rings. The molecule has 0 bridgehead atoms. The zero-order chi connectivity index (χ0) is 14.9. The molecule has 3 heterocycles. The quantitative estimate of drug-likeness (QED) is 0.867. The molecule has 0 radical (unpaired) electrons. The van der Waals surface area contributed by atoms with Crippen LogP contribution in [0.3, 0.4) is 0 Å². The number of aryl methyl sites for hydroxylation is 1. The van der Waals surface area contributed by atoms with E-state index in [1.165, 1.54) is 31.4 Å². The van der Waals surface area contributed by atoms with Crippen LogP contribution in [0.15, 0.2) is 16.7 Å². The first kappa shape index (κ1) is 14.1. The lowest BCUT2D eigenvalue weighted by Crippen LogP contribution is -2.58. The minimum atomic E-state index is 0.101. The Hall–Kier alpha value is -1.49. The Morgan fingerprint density at radius 1 is 1.18 bits per heavy atom. The van der Waals surface area contributed by atoms with Crippen LogP contribution in [0.25, 0.3) is 0 Å². The molecule has 0 aromatic carbocycles. The standard InChI is InChI=1S/C17H25N3O2/c21-17(18-15-5-3-6-16-14(15)7-11-22-16)20-10-9-19-8-2-1-4-13(19)12-20/h7,11,13,15H,1-6,8-10,12H2,(H,18,21)/t13-,15+/m1/s1. The van der Waals surface area contributed by atoms with E-state index in [0.29, 0.717) is 6.04 Å². The van der Waals surface area contributed by atoms with Crippen LogP contribution in [-0.4, -0.2) is 48.1 Å². The van der Waals surface area contributed by atoms with Crippen LogP contribution in [-0.2, 0) is 6.42 Å². The van der Waals surface area contributed by atoms with Crippen LogP contribution in [0, 0.1) is 0 Å². The molecule has 2 atom stereocenters. The van der Waals surface area contributed by atoms with E-state index in [1.54, 1.807) is 6.26 Å². The summed E-state index contributed by atoms with van der Waals surface area (Å²) in [5.41, 5.74) is 1.18. The second kappa shape index (κ2) is 5.95. The molecular weight excluding hydrogens is 278 g/mol. The van der Waals surface area contributed by atoms with Crippen molar-refractivity contribution in [3.8, 4) is 0 Å². The number of rotatable bonds is 1. The molecule has 1 aromatic heterocycles. The zero-order valence-electron chi connectivity index (χ0n) is 13.1. The molecule has 1 N–H and O–H groups in total. The molecule has 0 unspecified atom stereocenters. The van der Waals surface area contributed by atoms with E-state index in [0.717, 1.165) is 44.7 Å². The predicted molar refractivity (Wildman–Crippen MR) is 83.7 cm³/mol. The highest BCUT2D eigenvalue weighted by molar-refractivity contribution is 5.75. The number of urea groups is 1.